The highest BCUT2D eigenvalue weighted by atomic mass is 35.5. The molecule has 0 amide bonds. The number of rotatable bonds is 7. The van der Waals surface area contributed by atoms with Gasteiger partial charge in [0.05, 0.1) is 23.8 Å². The first-order chi connectivity index (χ1) is 12.6. The van der Waals surface area contributed by atoms with Crippen LogP contribution in [0.1, 0.15) is 44.1 Å². The van der Waals surface area contributed by atoms with E-state index in [0.717, 1.165) is 57.0 Å². The molecule has 2 aliphatic carbocycles. The van der Waals surface area contributed by atoms with Gasteiger partial charge in [-0.2, -0.15) is 0 Å². The van der Waals surface area contributed by atoms with Crippen molar-refractivity contribution >= 4 is 11.6 Å². The molecular weight excluding hydrogens is 350 g/mol. The molecule has 144 valence electrons. The predicted octanol–water partition coefficient (Wildman–Crippen LogP) is 4.29. The summed E-state index contributed by atoms with van der Waals surface area (Å²) in [4.78, 5) is 2.56. The van der Waals surface area contributed by atoms with E-state index in [4.69, 9.17) is 25.8 Å². The van der Waals surface area contributed by atoms with E-state index in [0.29, 0.717) is 17.2 Å². The minimum Gasteiger partial charge on any atom is -0.495 e. The molecule has 3 atom stereocenters. The highest BCUT2D eigenvalue weighted by Crippen LogP contribution is 2.44. The summed E-state index contributed by atoms with van der Waals surface area (Å²) < 4.78 is 17.6. The van der Waals surface area contributed by atoms with Crippen molar-refractivity contribution in [3.8, 4) is 5.75 Å². The molecule has 0 N–H and O–H groups in total. The number of hydrogen-bond donors (Lipinski definition) is 0. The Bertz CT molecular complexity index is 636. The van der Waals surface area contributed by atoms with Gasteiger partial charge in [0, 0.05) is 32.8 Å². The van der Waals surface area contributed by atoms with Crippen molar-refractivity contribution in [3.05, 3.63) is 28.8 Å². The number of ether oxygens (including phenoxy) is 3. The number of hydrogen-bond acceptors (Lipinski definition) is 4. The molecule has 4 rings (SSSR count). The molecule has 3 aliphatic rings. The Labute approximate surface area is 161 Å². The molecule has 1 saturated heterocycles. The van der Waals surface area contributed by atoms with Crippen LogP contribution in [0.4, 0.5) is 0 Å². The van der Waals surface area contributed by atoms with E-state index < -0.39 is 0 Å². The van der Waals surface area contributed by atoms with Crippen LogP contribution in [0.15, 0.2) is 18.2 Å². The van der Waals surface area contributed by atoms with Crippen molar-refractivity contribution in [2.24, 2.45) is 5.92 Å². The monoisotopic (exact) mass is 379 g/mol. The lowest BCUT2D eigenvalue weighted by Gasteiger charge is -2.43. The van der Waals surface area contributed by atoms with Crippen LogP contribution in [0.25, 0.3) is 0 Å². The van der Waals surface area contributed by atoms with Crippen LogP contribution < -0.4 is 4.74 Å². The molecule has 5 heteroatoms. The maximum absolute atomic E-state index is 6.32. The highest BCUT2D eigenvalue weighted by molar-refractivity contribution is 6.32. The Hall–Kier alpha value is -0.810. The summed E-state index contributed by atoms with van der Waals surface area (Å²) in [5, 5.41) is 0.677. The zero-order valence-corrected chi connectivity index (χ0v) is 16.6. The lowest BCUT2D eigenvalue weighted by Crippen LogP contribution is -2.51. The number of nitrogens with zero attached hydrogens (tertiary/aromatic N) is 1. The van der Waals surface area contributed by atoms with Gasteiger partial charge in [-0.25, -0.2) is 0 Å². The summed E-state index contributed by atoms with van der Waals surface area (Å²) in [6.07, 6.45) is 7.48. The molecule has 3 fully saturated rings. The molecular formula is C21H30ClNO3. The van der Waals surface area contributed by atoms with Gasteiger partial charge in [0.1, 0.15) is 5.75 Å². The van der Waals surface area contributed by atoms with Gasteiger partial charge >= 0.3 is 0 Å². The Kier molecular flexibility index (Phi) is 5.47. The second kappa shape index (κ2) is 7.67. The molecule has 0 unspecified atom stereocenters. The normalized spacial score (nSPS) is 31.8. The average molecular weight is 380 g/mol. The van der Waals surface area contributed by atoms with Gasteiger partial charge in [0.15, 0.2) is 0 Å². The highest BCUT2D eigenvalue weighted by Gasteiger charge is 2.51. The Balaban J connectivity index is 1.44. The standard InChI is InChI=1S/C21H30ClNO3/c1-24-19-6-5-16(11-18(19)22)13-23-10-9-21(25-2)8-7-17(12-20(21)23)26-14-15-3-4-15/h5-6,11,15,17,20H,3-4,7-10,12-14H2,1-2H3/t17-,20+,21-/m1/s1. The van der Waals surface area contributed by atoms with Crippen molar-refractivity contribution in [2.75, 3.05) is 27.4 Å². The smallest absolute Gasteiger partial charge is 0.137 e. The Morgan fingerprint density at radius 3 is 2.73 bits per heavy atom. The molecule has 0 bridgehead atoms. The number of likely N-dealkylation sites (tertiary alicyclic amines) is 1. The Morgan fingerprint density at radius 2 is 2.04 bits per heavy atom. The predicted molar refractivity (Wildman–Crippen MR) is 103 cm³/mol. The topological polar surface area (TPSA) is 30.9 Å². The third-order valence-corrected chi connectivity index (χ3v) is 6.81. The van der Waals surface area contributed by atoms with E-state index >= 15 is 0 Å². The van der Waals surface area contributed by atoms with Gasteiger partial charge in [-0.1, -0.05) is 17.7 Å². The molecule has 1 heterocycles. The fourth-order valence-corrected chi connectivity index (χ4v) is 4.98. The van der Waals surface area contributed by atoms with Crippen LogP contribution in [0.5, 0.6) is 5.75 Å². The van der Waals surface area contributed by atoms with Crippen LogP contribution in [0.3, 0.4) is 0 Å². The van der Waals surface area contributed by atoms with Crippen LogP contribution in [-0.2, 0) is 16.0 Å². The molecule has 1 aromatic rings. The maximum atomic E-state index is 6.32. The van der Waals surface area contributed by atoms with Crippen LogP contribution in [-0.4, -0.2) is 50.0 Å². The summed E-state index contributed by atoms with van der Waals surface area (Å²) >= 11 is 6.32. The fraction of sp³-hybridized carbons (Fsp3) is 0.714. The van der Waals surface area contributed by atoms with Crippen LogP contribution in [0.2, 0.25) is 5.02 Å². The quantitative estimate of drug-likeness (QED) is 0.707. The van der Waals surface area contributed by atoms with Gasteiger partial charge in [-0.15, -0.1) is 0 Å². The SMILES string of the molecule is COc1ccc(CN2CC[C@]3(OC)CC[C@@H](OCC4CC4)C[C@H]23)cc1Cl. The van der Waals surface area contributed by atoms with Crippen LogP contribution in [0, 0.1) is 5.92 Å². The van der Waals surface area contributed by atoms with Crippen molar-refractivity contribution in [1.29, 1.82) is 0 Å². The maximum Gasteiger partial charge on any atom is 0.137 e. The van der Waals surface area contributed by atoms with Gasteiger partial charge in [-0.05, 0) is 62.1 Å². The van der Waals surface area contributed by atoms with E-state index in [1.807, 2.05) is 19.2 Å². The molecule has 1 aromatic carbocycles. The van der Waals surface area contributed by atoms with Gasteiger partial charge < -0.3 is 14.2 Å². The number of methoxy groups -OCH3 is 2. The number of benzene rings is 1. The van der Waals surface area contributed by atoms with Crippen molar-refractivity contribution in [2.45, 2.75) is 62.8 Å². The van der Waals surface area contributed by atoms with Gasteiger partial charge in [0.2, 0.25) is 0 Å². The molecule has 4 nitrogen and oxygen atoms in total. The minimum atomic E-state index is -0.00426. The largest absolute Gasteiger partial charge is 0.495 e. The molecule has 0 spiro atoms. The van der Waals surface area contributed by atoms with E-state index in [-0.39, 0.29) is 5.60 Å². The first-order valence-electron chi connectivity index (χ1n) is 9.87. The summed E-state index contributed by atoms with van der Waals surface area (Å²) in [5.74, 6) is 1.56. The van der Waals surface area contributed by atoms with Crippen LogP contribution >= 0.6 is 11.6 Å². The molecule has 1 aliphatic heterocycles. The van der Waals surface area contributed by atoms with E-state index in [9.17, 15) is 0 Å². The van der Waals surface area contributed by atoms with E-state index in [1.165, 1.54) is 18.4 Å². The van der Waals surface area contributed by atoms with Crippen molar-refractivity contribution in [1.82, 2.24) is 4.90 Å². The molecule has 26 heavy (non-hydrogen) atoms. The summed E-state index contributed by atoms with van der Waals surface area (Å²) in [6.45, 7) is 2.91. The number of fused-ring (bicyclic) bond motifs is 1. The molecule has 0 aromatic heterocycles. The lowest BCUT2D eigenvalue weighted by atomic mass is 9.79. The first kappa shape index (κ1) is 18.5. The van der Waals surface area contributed by atoms with Crippen molar-refractivity contribution in [3.63, 3.8) is 0 Å². The zero-order chi connectivity index (χ0) is 18.1. The zero-order valence-electron chi connectivity index (χ0n) is 15.9. The van der Waals surface area contributed by atoms with Crippen molar-refractivity contribution < 1.29 is 14.2 Å². The third-order valence-electron chi connectivity index (χ3n) is 6.52. The summed E-state index contributed by atoms with van der Waals surface area (Å²) in [7, 11) is 3.53. The third kappa shape index (κ3) is 3.75. The fourth-order valence-electron chi connectivity index (χ4n) is 4.70. The second-order valence-corrected chi connectivity index (χ2v) is 8.55. The van der Waals surface area contributed by atoms with E-state index in [2.05, 4.69) is 11.0 Å². The second-order valence-electron chi connectivity index (χ2n) is 8.15. The average Bonchev–Trinajstić information content (AvgIpc) is 3.42. The summed E-state index contributed by atoms with van der Waals surface area (Å²) in [5.41, 5.74) is 1.22. The van der Waals surface area contributed by atoms with Gasteiger partial charge in [0.25, 0.3) is 0 Å². The first-order valence-corrected chi connectivity index (χ1v) is 10.2. The molecule has 0 radical (unpaired) electrons. The number of halogens is 1. The Morgan fingerprint density at radius 1 is 1.19 bits per heavy atom. The van der Waals surface area contributed by atoms with E-state index in [1.54, 1.807) is 7.11 Å². The summed E-state index contributed by atoms with van der Waals surface area (Å²) in [6, 6.07) is 6.52. The molecule has 2 saturated carbocycles. The minimum absolute atomic E-state index is 0.00426. The lowest BCUT2D eigenvalue weighted by molar-refractivity contribution is -0.103. The van der Waals surface area contributed by atoms with Gasteiger partial charge in [-0.3, -0.25) is 4.90 Å².